The summed E-state index contributed by atoms with van der Waals surface area (Å²) in [6.07, 6.45) is 5.26. The Morgan fingerprint density at radius 2 is 2.25 bits per heavy atom. The lowest BCUT2D eigenvalue weighted by atomic mass is 10.0. The van der Waals surface area contributed by atoms with Crippen molar-refractivity contribution in [1.29, 1.82) is 0 Å². The SMILES string of the molecule is NC1(CCc2ccc3ocnc3c2O)CC1. The van der Waals surface area contributed by atoms with E-state index < -0.39 is 0 Å². The van der Waals surface area contributed by atoms with Crippen LogP contribution in [0, 0.1) is 0 Å². The number of hydrogen-bond acceptors (Lipinski definition) is 4. The van der Waals surface area contributed by atoms with Crippen LogP contribution in [-0.4, -0.2) is 15.6 Å². The molecule has 0 bridgehead atoms. The quantitative estimate of drug-likeness (QED) is 0.826. The van der Waals surface area contributed by atoms with Gasteiger partial charge in [0.15, 0.2) is 17.5 Å². The predicted molar refractivity (Wildman–Crippen MR) is 60.1 cm³/mol. The van der Waals surface area contributed by atoms with Crippen LogP contribution in [0.15, 0.2) is 22.9 Å². The summed E-state index contributed by atoms with van der Waals surface area (Å²) in [6.45, 7) is 0. The zero-order valence-electron chi connectivity index (χ0n) is 8.94. The van der Waals surface area contributed by atoms with Gasteiger partial charge in [-0.05, 0) is 37.3 Å². The molecule has 1 aromatic heterocycles. The van der Waals surface area contributed by atoms with Gasteiger partial charge < -0.3 is 15.3 Å². The molecule has 4 nitrogen and oxygen atoms in total. The fourth-order valence-electron chi connectivity index (χ4n) is 1.95. The van der Waals surface area contributed by atoms with Crippen molar-refractivity contribution in [2.75, 3.05) is 0 Å². The van der Waals surface area contributed by atoms with Crippen molar-refractivity contribution in [3.8, 4) is 5.75 Å². The van der Waals surface area contributed by atoms with E-state index in [1.54, 1.807) is 0 Å². The summed E-state index contributed by atoms with van der Waals surface area (Å²) in [6, 6.07) is 3.72. The molecule has 0 aliphatic heterocycles. The van der Waals surface area contributed by atoms with Gasteiger partial charge in [-0.3, -0.25) is 0 Å². The molecule has 3 rings (SSSR count). The van der Waals surface area contributed by atoms with Gasteiger partial charge in [0.05, 0.1) is 0 Å². The average Bonchev–Trinajstić information content (AvgIpc) is 2.81. The topological polar surface area (TPSA) is 72.3 Å². The minimum absolute atomic E-state index is 0.0191. The molecular formula is C12H14N2O2. The number of fused-ring (bicyclic) bond motifs is 1. The van der Waals surface area contributed by atoms with E-state index >= 15 is 0 Å². The first kappa shape index (κ1) is 9.66. The number of aryl methyl sites for hydroxylation is 1. The predicted octanol–water partition coefficient (Wildman–Crippen LogP) is 1.96. The normalized spacial score (nSPS) is 17.8. The summed E-state index contributed by atoms with van der Waals surface area (Å²) in [5.41, 5.74) is 8.10. The molecule has 3 N–H and O–H groups in total. The maximum Gasteiger partial charge on any atom is 0.182 e. The molecule has 0 atom stereocenters. The van der Waals surface area contributed by atoms with Crippen LogP contribution in [0.2, 0.25) is 0 Å². The van der Waals surface area contributed by atoms with Gasteiger partial charge in [0.2, 0.25) is 0 Å². The number of nitrogens with zero attached hydrogens (tertiary/aromatic N) is 1. The monoisotopic (exact) mass is 218 g/mol. The zero-order valence-corrected chi connectivity index (χ0v) is 8.94. The largest absolute Gasteiger partial charge is 0.505 e. The first-order chi connectivity index (χ1) is 7.68. The maximum atomic E-state index is 9.99. The Labute approximate surface area is 93.1 Å². The van der Waals surface area contributed by atoms with Crippen molar-refractivity contribution in [2.45, 2.75) is 31.2 Å². The van der Waals surface area contributed by atoms with Crippen molar-refractivity contribution in [3.05, 3.63) is 24.1 Å². The highest BCUT2D eigenvalue weighted by Crippen LogP contribution is 2.38. The van der Waals surface area contributed by atoms with E-state index in [1.165, 1.54) is 6.39 Å². The molecule has 2 aromatic rings. The molecule has 16 heavy (non-hydrogen) atoms. The maximum absolute atomic E-state index is 9.99. The number of rotatable bonds is 3. The van der Waals surface area contributed by atoms with Gasteiger partial charge in [-0.15, -0.1) is 0 Å². The van der Waals surface area contributed by atoms with Crippen LogP contribution in [0.5, 0.6) is 5.75 Å². The van der Waals surface area contributed by atoms with Crippen molar-refractivity contribution < 1.29 is 9.52 Å². The van der Waals surface area contributed by atoms with Crippen LogP contribution in [0.4, 0.5) is 0 Å². The molecule has 0 unspecified atom stereocenters. The second kappa shape index (κ2) is 3.22. The number of phenolic OH excluding ortho intramolecular Hbond substituents is 1. The van der Waals surface area contributed by atoms with Gasteiger partial charge in [-0.25, -0.2) is 4.98 Å². The highest BCUT2D eigenvalue weighted by molar-refractivity contribution is 5.80. The Bertz CT molecular complexity index is 529. The van der Waals surface area contributed by atoms with Crippen LogP contribution in [-0.2, 0) is 6.42 Å². The molecule has 1 aromatic carbocycles. The molecule has 0 amide bonds. The van der Waals surface area contributed by atoms with E-state index in [0.717, 1.165) is 31.2 Å². The summed E-state index contributed by atoms with van der Waals surface area (Å²) < 4.78 is 5.12. The lowest BCUT2D eigenvalue weighted by Crippen LogP contribution is -2.22. The molecular weight excluding hydrogens is 204 g/mol. The van der Waals surface area contributed by atoms with E-state index in [4.69, 9.17) is 10.2 Å². The van der Waals surface area contributed by atoms with E-state index in [9.17, 15) is 5.11 Å². The third-order valence-corrected chi connectivity index (χ3v) is 3.34. The Balaban J connectivity index is 1.88. The van der Waals surface area contributed by atoms with Gasteiger partial charge in [0.25, 0.3) is 0 Å². The number of aromatic nitrogens is 1. The summed E-state index contributed by atoms with van der Waals surface area (Å²) in [7, 11) is 0. The standard InChI is InChI=1S/C12H14N2O2/c13-12(5-6-12)4-3-8-1-2-9-10(11(8)15)14-7-16-9/h1-2,7,15H,3-6,13H2. The number of hydrogen-bond donors (Lipinski definition) is 2. The fourth-order valence-corrected chi connectivity index (χ4v) is 1.95. The molecule has 0 radical (unpaired) electrons. The summed E-state index contributed by atoms with van der Waals surface area (Å²) in [5.74, 6) is 0.232. The first-order valence-electron chi connectivity index (χ1n) is 5.51. The second-order valence-corrected chi connectivity index (χ2v) is 4.63. The van der Waals surface area contributed by atoms with E-state index in [0.29, 0.717) is 11.1 Å². The Morgan fingerprint density at radius 1 is 1.44 bits per heavy atom. The number of phenols is 1. The Kier molecular flexibility index (Phi) is 1.94. The van der Waals surface area contributed by atoms with Crippen molar-refractivity contribution in [1.82, 2.24) is 4.98 Å². The molecule has 0 saturated heterocycles. The van der Waals surface area contributed by atoms with Gasteiger partial charge in [0.1, 0.15) is 5.75 Å². The van der Waals surface area contributed by atoms with Crippen LogP contribution in [0.25, 0.3) is 11.1 Å². The molecule has 0 spiro atoms. The smallest absolute Gasteiger partial charge is 0.182 e. The van der Waals surface area contributed by atoms with Gasteiger partial charge in [0, 0.05) is 5.54 Å². The Morgan fingerprint density at radius 3 is 3.00 bits per heavy atom. The van der Waals surface area contributed by atoms with Gasteiger partial charge in [-0.2, -0.15) is 0 Å². The number of benzene rings is 1. The lowest BCUT2D eigenvalue weighted by Gasteiger charge is -2.09. The van der Waals surface area contributed by atoms with Crippen molar-refractivity contribution in [3.63, 3.8) is 0 Å². The van der Waals surface area contributed by atoms with E-state index in [2.05, 4.69) is 4.98 Å². The molecule has 1 saturated carbocycles. The van der Waals surface area contributed by atoms with E-state index in [-0.39, 0.29) is 11.3 Å². The summed E-state index contributed by atoms with van der Waals surface area (Å²) >= 11 is 0. The lowest BCUT2D eigenvalue weighted by molar-refractivity contribution is 0.469. The first-order valence-corrected chi connectivity index (χ1v) is 5.51. The second-order valence-electron chi connectivity index (χ2n) is 4.63. The third-order valence-electron chi connectivity index (χ3n) is 3.34. The molecule has 1 heterocycles. The van der Waals surface area contributed by atoms with Gasteiger partial charge in [-0.1, -0.05) is 6.07 Å². The molecule has 1 aliphatic rings. The summed E-state index contributed by atoms with van der Waals surface area (Å²) in [5, 5.41) is 9.99. The molecule has 4 heteroatoms. The van der Waals surface area contributed by atoms with Crippen LogP contribution in [0.3, 0.4) is 0 Å². The van der Waals surface area contributed by atoms with Crippen molar-refractivity contribution in [2.24, 2.45) is 5.73 Å². The van der Waals surface area contributed by atoms with Crippen LogP contribution >= 0.6 is 0 Å². The number of oxazole rings is 1. The average molecular weight is 218 g/mol. The van der Waals surface area contributed by atoms with Crippen LogP contribution in [0.1, 0.15) is 24.8 Å². The molecule has 84 valence electrons. The van der Waals surface area contributed by atoms with Crippen molar-refractivity contribution >= 4 is 11.1 Å². The highest BCUT2D eigenvalue weighted by Gasteiger charge is 2.37. The zero-order chi connectivity index (χ0) is 11.2. The van der Waals surface area contributed by atoms with E-state index in [1.807, 2.05) is 12.1 Å². The summed E-state index contributed by atoms with van der Waals surface area (Å²) in [4.78, 5) is 3.99. The minimum Gasteiger partial charge on any atom is -0.505 e. The van der Waals surface area contributed by atoms with Gasteiger partial charge >= 0.3 is 0 Å². The minimum atomic E-state index is 0.0191. The third kappa shape index (κ3) is 1.55. The number of aromatic hydroxyl groups is 1. The number of nitrogens with two attached hydrogens (primary N) is 1. The van der Waals surface area contributed by atoms with Crippen LogP contribution < -0.4 is 5.73 Å². The fraction of sp³-hybridized carbons (Fsp3) is 0.417. The Hall–Kier alpha value is -1.55. The highest BCUT2D eigenvalue weighted by atomic mass is 16.3. The molecule has 1 aliphatic carbocycles. The molecule has 1 fully saturated rings.